The maximum atomic E-state index is 13.5. The predicted octanol–water partition coefficient (Wildman–Crippen LogP) is 3.98. The van der Waals surface area contributed by atoms with Crippen LogP contribution in [0.15, 0.2) is 47.4 Å². The first kappa shape index (κ1) is 24.0. The molecule has 2 aromatic carbocycles. The molecular weight excluding hydrogens is 462 g/mol. The van der Waals surface area contributed by atoms with Crippen molar-refractivity contribution >= 4 is 33.2 Å². The molecule has 5 rings (SSSR count). The second-order valence-electron chi connectivity index (χ2n) is 10.1. The third-order valence-electron chi connectivity index (χ3n) is 7.43. The summed E-state index contributed by atoms with van der Waals surface area (Å²) in [7, 11) is -3.74. The highest BCUT2D eigenvalue weighted by atomic mass is 32.2. The average Bonchev–Trinajstić information content (AvgIpc) is 3.65. The van der Waals surface area contributed by atoms with Gasteiger partial charge in [-0.25, -0.2) is 8.42 Å². The number of carbonyl (C=O) groups excluding carboxylic acids is 2. The van der Waals surface area contributed by atoms with E-state index in [0.717, 1.165) is 41.8 Å². The van der Waals surface area contributed by atoms with E-state index in [1.807, 2.05) is 36.1 Å². The number of hydrogen-bond donors (Lipinski definition) is 1. The standard InChI is InChI=1S/C27H33N3O4S/c1-3-19-6-4-8-23(15-19)28-26(31)21-7-5-13-29(17-21)35(33,34)24-11-12-25-22(16-24)14-18(2)30(25)27(32)20-9-10-20/h4,6,8,11-12,15-16,18,20-21H,3,5,7,9-10,13-14,17H2,1-2H3,(H,28,31)/t18-,21-/m1/s1. The number of rotatable bonds is 6. The van der Waals surface area contributed by atoms with Gasteiger partial charge in [-0.3, -0.25) is 9.59 Å². The zero-order valence-electron chi connectivity index (χ0n) is 20.4. The summed E-state index contributed by atoms with van der Waals surface area (Å²) in [5.74, 6) is -0.269. The van der Waals surface area contributed by atoms with Crippen molar-refractivity contribution in [1.29, 1.82) is 0 Å². The van der Waals surface area contributed by atoms with Gasteiger partial charge in [-0.1, -0.05) is 19.1 Å². The van der Waals surface area contributed by atoms with Gasteiger partial charge in [0.05, 0.1) is 10.8 Å². The zero-order valence-corrected chi connectivity index (χ0v) is 21.2. The Labute approximate surface area is 207 Å². The van der Waals surface area contributed by atoms with Crippen LogP contribution in [0.5, 0.6) is 0 Å². The highest BCUT2D eigenvalue weighted by molar-refractivity contribution is 7.89. The minimum Gasteiger partial charge on any atom is -0.326 e. The Balaban J connectivity index is 1.31. The molecule has 1 saturated heterocycles. The molecule has 0 spiro atoms. The van der Waals surface area contributed by atoms with Gasteiger partial charge in [-0.05, 0) is 86.9 Å². The van der Waals surface area contributed by atoms with Crippen molar-refractivity contribution in [2.45, 2.75) is 63.3 Å². The molecule has 35 heavy (non-hydrogen) atoms. The Morgan fingerprint density at radius 1 is 1.06 bits per heavy atom. The van der Waals surface area contributed by atoms with E-state index < -0.39 is 15.9 Å². The van der Waals surface area contributed by atoms with Crippen molar-refractivity contribution in [2.24, 2.45) is 11.8 Å². The van der Waals surface area contributed by atoms with Crippen LogP contribution in [0, 0.1) is 11.8 Å². The molecule has 2 amide bonds. The number of nitrogens with zero attached hydrogens (tertiary/aromatic N) is 2. The SMILES string of the molecule is CCc1cccc(NC(=O)[C@@H]2CCCN(S(=O)(=O)c3ccc4c(c3)C[C@@H](C)N4C(=O)C3CC3)C2)c1. The molecule has 2 fully saturated rings. The van der Waals surface area contributed by atoms with E-state index >= 15 is 0 Å². The van der Waals surface area contributed by atoms with Crippen LogP contribution in [-0.4, -0.2) is 43.7 Å². The van der Waals surface area contributed by atoms with Gasteiger partial charge in [0, 0.05) is 36.4 Å². The lowest BCUT2D eigenvalue weighted by molar-refractivity contribution is -0.121. The molecule has 2 atom stereocenters. The average molecular weight is 496 g/mol. The predicted molar refractivity (Wildman–Crippen MR) is 136 cm³/mol. The zero-order chi connectivity index (χ0) is 24.7. The fourth-order valence-corrected chi connectivity index (χ4v) is 6.84. The van der Waals surface area contributed by atoms with E-state index in [9.17, 15) is 18.0 Å². The lowest BCUT2D eigenvalue weighted by Crippen LogP contribution is -2.43. The summed E-state index contributed by atoms with van der Waals surface area (Å²) in [6.07, 6.45) is 4.71. The van der Waals surface area contributed by atoms with Crippen molar-refractivity contribution in [3.63, 3.8) is 0 Å². The van der Waals surface area contributed by atoms with E-state index in [1.54, 1.807) is 18.2 Å². The van der Waals surface area contributed by atoms with Crippen molar-refractivity contribution < 1.29 is 18.0 Å². The molecule has 0 aromatic heterocycles. The Hall–Kier alpha value is -2.71. The van der Waals surface area contributed by atoms with Crippen LogP contribution in [0.1, 0.15) is 50.7 Å². The first-order chi connectivity index (χ1) is 16.8. The van der Waals surface area contributed by atoms with E-state index in [-0.39, 0.29) is 35.2 Å². The summed E-state index contributed by atoms with van der Waals surface area (Å²) in [6.45, 7) is 4.64. The number of fused-ring (bicyclic) bond motifs is 1. The number of sulfonamides is 1. The Morgan fingerprint density at radius 2 is 1.86 bits per heavy atom. The van der Waals surface area contributed by atoms with E-state index in [1.165, 1.54) is 4.31 Å². The summed E-state index contributed by atoms with van der Waals surface area (Å²) in [6, 6.07) is 12.9. The molecule has 8 heteroatoms. The second kappa shape index (κ2) is 9.39. The number of piperidine rings is 1. The topological polar surface area (TPSA) is 86.8 Å². The molecule has 2 heterocycles. The minimum absolute atomic E-state index is 0.0327. The van der Waals surface area contributed by atoms with E-state index in [2.05, 4.69) is 12.2 Å². The number of benzene rings is 2. The fraction of sp³-hybridized carbons (Fsp3) is 0.481. The van der Waals surface area contributed by atoms with Gasteiger partial charge in [0.15, 0.2) is 0 Å². The first-order valence-corrected chi connectivity index (χ1v) is 14.1. The summed E-state index contributed by atoms with van der Waals surface area (Å²) in [4.78, 5) is 27.8. The molecular formula is C27H33N3O4S. The lowest BCUT2D eigenvalue weighted by Gasteiger charge is -2.31. The number of nitrogens with one attached hydrogen (secondary N) is 1. The summed E-state index contributed by atoms with van der Waals surface area (Å²) in [5.41, 5.74) is 3.61. The second-order valence-corrected chi connectivity index (χ2v) is 12.0. The molecule has 0 unspecified atom stereocenters. The highest BCUT2D eigenvalue weighted by Gasteiger charge is 2.40. The number of aryl methyl sites for hydroxylation is 1. The van der Waals surface area contributed by atoms with Gasteiger partial charge < -0.3 is 10.2 Å². The maximum absolute atomic E-state index is 13.5. The Kier molecular flexibility index (Phi) is 6.44. The molecule has 1 aliphatic carbocycles. The van der Waals surface area contributed by atoms with Gasteiger partial charge in [0.1, 0.15) is 0 Å². The van der Waals surface area contributed by atoms with Crippen molar-refractivity contribution in [2.75, 3.05) is 23.3 Å². The molecule has 7 nitrogen and oxygen atoms in total. The van der Waals surface area contributed by atoms with Crippen LogP contribution in [0.2, 0.25) is 0 Å². The molecule has 2 aliphatic heterocycles. The largest absolute Gasteiger partial charge is 0.326 e. The fourth-order valence-electron chi connectivity index (χ4n) is 5.27. The number of anilines is 2. The smallest absolute Gasteiger partial charge is 0.243 e. The Bertz CT molecular complexity index is 1250. The van der Waals surface area contributed by atoms with Crippen molar-refractivity contribution in [3.05, 3.63) is 53.6 Å². The van der Waals surface area contributed by atoms with Crippen LogP contribution >= 0.6 is 0 Å². The summed E-state index contributed by atoms with van der Waals surface area (Å²) < 4.78 is 28.5. The van der Waals surface area contributed by atoms with Crippen LogP contribution in [0.25, 0.3) is 0 Å². The van der Waals surface area contributed by atoms with Gasteiger partial charge in [0.2, 0.25) is 21.8 Å². The van der Waals surface area contributed by atoms with Crippen LogP contribution in [-0.2, 0) is 32.5 Å². The van der Waals surface area contributed by atoms with Gasteiger partial charge in [-0.15, -0.1) is 0 Å². The molecule has 0 radical (unpaired) electrons. The van der Waals surface area contributed by atoms with Gasteiger partial charge in [-0.2, -0.15) is 4.31 Å². The quantitative estimate of drug-likeness (QED) is 0.657. The number of carbonyl (C=O) groups is 2. The molecule has 0 bridgehead atoms. The minimum atomic E-state index is -3.74. The van der Waals surface area contributed by atoms with Gasteiger partial charge >= 0.3 is 0 Å². The molecule has 1 N–H and O–H groups in total. The monoisotopic (exact) mass is 495 g/mol. The summed E-state index contributed by atoms with van der Waals surface area (Å²) >= 11 is 0. The highest BCUT2D eigenvalue weighted by Crippen LogP contribution is 2.40. The molecule has 1 saturated carbocycles. The van der Waals surface area contributed by atoms with Crippen LogP contribution < -0.4 is 10.2 Å². The third-order valence-corrected chi connectivity index (χ3v) is 9.29. The Morgan fingerprint density at radius 3 is 2.60 bits per heavy atom. The van der Waals surface area contributed by atoms with E-state index in [4.69, 9.17) is 0 Å². The van der Waals surface area contributed by atoms with Crippen LogP contribution in [0.4, 0.5) is 11.4 Å². The maximum Gasteiger partial charge on any atom is 0.243 e. The van der Waals surface area contributed by atoms with Crippen LogP contribution in [0.3, 0.4) is 0 Å². The molecule has 2 aromatic rings. The molecule has 3 aliphatic rings. The normalized spacial score (nSPS) is 22.6. The van der Waals surface area contributed by atoms with Crippen molar-refractivity contribution in [1.82, 2.24) is 4.31 Å². The number of hydrogen-bond acceptors (Lipinski definition) is 4. The summed E-state index contributed by atoms with van der Waals surface area (Å²) in [5, 5.41) is 2.97. The third kappa shape index (κ3) is 4.74. The van der Waals surface area contributed by atoms with Gasteiger partial charge in [0.25, 0.3) is 0 Å². The van der Waals surface area contributed by atoms with Crippen molar-refractivity contribution in [3.8, 4) is 0 Å². The number of amides is 2. The van der Waals surface area contributed by atoms with E-state index in [0.29, 0.717) is 25.8 Å². The first-order valence-electron chi connectivity index (χ1n) is 12.6. The lowest BCUT2D eigenvalue weighted by atomic mass is 9.98. The molecule has 186 valence electrons.